The quantitative estimate of drug-likeness (QED) is 0.762. The molecule has 18 heavy (non-hydrogen) atoms. The molecular weight excluding hydrogens is 292 g/mol. The van der Waals surface area contributed by atoms with Gasteiger partial charge in [-0.1, -0.05) is 18.2 Å². The third-order valence-electron chi connectivity index (χ3n) is 2.96. The highest BCUT2D eigenvalue weighted by atomic mass is 79.9. The molecule has 0 saturated carbocycles. The summed E-state index contributed by atoms with van der Waals surface area (Å²) in [6.07, 6.45) is 4.55. The van der Waals surface area contributed by atoms with Crippen molar-refractivity contribution in [2.45, 2.75) is 6.10 Å². The van der Waals surface area contributed by atoms with Crippen LogP contribution < -0.4 is 0 Å². The van der Waals surface area contributed by atoms with Crippen molar-refractivity contribution in [2.75, 3.05) is 0 Å². The Balaban J connectivity index is 2.09. The number of hydrogen-bond acceptors (Lipinski definition) is 2. The van der Waals surface area contributed by atoms with E-state index in [9.17, 15) is 5.11 Å². The number of nitrogens with zero attached hydrogens (tertiary/aromatic N) is 1. The summed E-state index contributed by atoms with van der Waals surface area (Å²) in [4.78, 5) is 7.24. The molecule has 0 aliphatic heterocycles. The maximum Gasteiger partial charge on any atom is 0.108 e. The Morgan fingerprint density at radius 2 is 2.06 bits per heavy atom. The number of aliphatic hydroxyl groups excluding tert-OH is 1. The second-order valence-electron chi connectivity index (χ2n) is 4.13. The van der Waals surface area contributed by atoms with Gasteiger partial charge < -0.3 is 10.1 Å². The minimum atomic E-state index is -0.675. The predicted molar refractivity (Wildman–Crippen MR) is 74.3 cm³/mol. The lowest BCUT2D eigenvalue weighted by molar-refractivity contribution is 0.221. The number of pyridine rings is 1. The average Bonchev–Trinajstić information content (AvgIpc) is 2.82. The van der Waals surface area contributed by atoms with Crippen molar-refractivity contribution >= 4 is 26.8 Å². The van der Waals surface area contributed by atoms with E-state index >= 15 is 0 Å². The zero-order valence-electron chi connectivity index (χ0n) is 9.47. The first-order chi connectivity index (χ1) is 8.75. The van der Waals surface area contributed by atoms with Crippen molar-refractivity contribution in [3.05, 3.63) is 64.5 Å². The molecule has 0 radical (unpaired) electrons. The van der Waals surface area contributed by atoms with Crippen LogP contribution in [0.2, 0.25) is 0 Å². The number of H-pyrrole nitrogens is 1. The summed E-state index contributed by atoms with van der Waals surface area (Å²) in [5, 5.41) is 11.5. The van der Waals surface area contributed by atoms with E-state index in [-0.39, 0.29) is 0 Å². The number of aromatic amines is 1. The molecule has 2 N–H and O–H groups in total. The van der Waals surface area contributed by atoms with Crippen molar-refractivity contribution in [1.82, 2.24) is 9.97 Å². The van der Waals surface area contributed by atoms with Crippen LogP contribution in [0.25, 0.3) is 10.9 Å². The largest absolute Gasteiger partial charge is 0.384 e. The average molecular weight is 303 g/mol. The Labute approximate surface area is 113 Å². The summed E-state index contributed by atoms with van der Waals surface area (Å²) < 4.78 is 0.860. The molecule has 0 aliphatic rings. The first kappa shape index (κ1) is 11.4. The second-order valence-corrected chi connectivity index (χ2v) is 5.04. The van der Waals surface area contributed by atoms with Crippen molar-refractivity contribution in [3.63, 3.8) is 0 Å². The Hall–Kier alpha value is -1.65. The van der Waals surface area contributed by atoms with Crippen LogP contribution in [0.4, 0.5) is 0 Å². The molecule has 0 saturated heterocycles. The van der Waals surface area contributed by atoms with Crippen molar-refractivity contribution in [2.24, 2.45) is 0 Å². The Kier molecular flexibility index (Phi) is 2.89. The zero-order valence-corrected chi connectivity index (χ0v) is 11.1. The molecular formula is C14H11BrN2O. The van der Waals surface area contributed by atoms with E-state index < -0.39 is 6.10 Å². The Morgan fingerprint density at radius 3 is 2.89 bits per heavy atom. The van der Waals surface area contributed by atoms with Gasteiger partial charge in [-0.05, 0) is 28.1 Å². The fourth-order valence-electron chi connectivity index (χ4n) is 2.08. The molecule has 3 nitrogen and oxygen atoms in total. The predicted octanol–water partition coefficient (Wildman–Crippen LogP) is 3.41. The van der Waals surface area contributed by atoms with Gasteiger partial charge in [-0.2, -0.15) is 0 Å². The van der Waals surface area contributed by atoms with Gasteiger partial charge in [0.25, 0.3) is 0 Å². The number of fused-ring (bicyclic) bond motifs is 1. The normalized spacial score (nSPS) is 12.8. The summed E-state index contributed by atoms with van der Waals surface area (Å²) in [6, 6.07) is 9.79. The standard InChI is InChI=1S/C14H11BrN2O/c15-10-5-9(6-16-7-10)14(18)12-8-17-13-4-2-1-3-11(12)13/h1-8,14,17-18H. The van der Waals surface area contributed by atoms with Gasteiger partial charge in [0.2, 0.25) is 0 Å². The van der Waals surface area contributed by atoms with Crippen LogP contribution in [0.1, 0.15) is 17.2 Å². The number of rotatable bonds is 2. The van der Waals surface area contributed by atoms with Crippen LogP contribution in [0.5, 0.6) is 0 Å². The van der Waals surface area contributed by atoms with Gasteiger partial charge in [-0.25, -0.2) is 0 Å². The fraction of sp³-hybridized carbons (Fsp3) is 0.0714. The van der Waals surface area contributed by atoms with Gasteiger partial charge in [0, 0.05) is 45.1 Å². The van der Waals surface area contributed by atoms with Crippen LogP contribution in [-0.2, 0) is 0 Å². The lowest BCUT2D eigenvalue weighted by Gasteiger charge is -2.10. The highest BCUT2D eigenvalue weighted by Gasteiger charge is 2.15. The number of hydrogen-bond donors (Lipinski definition) is 2. The van der Waals surface area contributed by atoms with Gasteiger partial charge in [-0.15, -0.1) is 0 Å². The topological polar surface area (TPSA) is 48.9 Å². The molecule has 0 spiro atoms. The number of benzene rings is 1. The van der Waals surface area contributed by atoms with Crippen LogP contribution in [-0.4, -0.2) is 15.1 Å². The molecule has 3 rings (SSSR count). The Bertz CT molecular complexity index is 693. The van der Waals surface area contributed by atoms with E-state index in [0.29, 0.717) is 0 Å². The molecule has 0 bridgehead atoms. The number of nitrogens with one attached hydrogen (secondary N) is 1. The third-order valence-corrected chi connectivity index (χ3v) is 3.39. The van der Waals surface area contributed by atoms with Crippen LogP contribution in [0.3, 0.4) is 0 Å². The molecule has 4 heteroatoms. The van der Waals surface area contributed by atoms with Gasteiger partial charge in [-0.3, -0.25) is 4.98 Å². The third kappa shape index (κ3) is 1.94. The SMILES string of the molecule is OC(c1cncc(Br)c1)c1c[nH]c2ccccc12. The number of halogens is 1. The molecule has 0 fully saturated rings. The minimum absolute atomic E-state index is 0.675. The highest BCUT2D eigenvalue weighted by molar-refractivity contribution is 9.10. The molecule has 3 aromatic rings. The number of aromatic nitrogens is 2. The minimum Gasteiger partial charge on any atom is -0.384 e. The molecule has 1 atom stereocenters. The summed E-state index contributed by atoms with van der Waals surface area (Å²) in [7, 11) is 0. The van der Waals surface area contributed by atoms with Crippen LogP contribution >= 0.6 is 15.9 Å². The number of aliphatic hydroxyl groups is 1. The van der Waals surface area contributed by atoms with Crippen molar-refractivity contribution in [1.29, 1.82) is 0 Å². The van der Waals surface area contributed by atoms with Gasteiger partial charge >= 0.3 is 0 Å². The van der Waals surface area contributed by atoms with Gasteiger partial charge in [0.1, 0.15) is 6.10 Å². The van der Waals surface area contributed by atoms with E-state index in [1.165, 1.54) is 0 Å². The zero-order chi connectivity index (χ0) is 12.5. The Morgan fingerprint density at radius 1 is 1.22 bits per heavy atom. The maximum atomic E-state index is 10.4. The fourth-order valence-corrected chi connectivity index (χ4v) is 2.46. The van der Waals surface area contributed by atoms with Gasteiger partial charge in [0.15, 0.2) is 0 Å². The van der Waals surface area contributed by atoms with Gasteiger partial charge in [0.05, 0.1) is 0 Å². The van der Waals surface area contributed by atoms with E-state index in [0.717, 1.165) is 26.5 Å². The summed E-state index contributed by atoms with van der Waals surface area (Å²) in [5.41, 5.74) is 2.66. The maximum absolute atomic E-state index is 10.4. The lowest BCUT2D eigenvalue weighted by atomic mass is 10.0. The van der Waals surface area contributed by atoms with E-state index in [4.69, 9.17) is 0 Å². The highest BCUT2D eigenvalue weighted by Crippen LogP contribution is 2.29. The summed E-state index contributed by atoms with van der Waals surface area (Å²) in [6.45, 7) is 0. The first-order valence-corrected chi connectivity index (χ1v) is 6.39. The van der Waals surface area contributed by atoms with E-state index in [1.54, 1.807) is 12.4 Å². The van der Waals surface area contributed by atoms with Crippen molar-refractivity contribution < 1.29 is 5.11 Å². The smallest absolute Gasteiger partial charge is 0.108 e. The molecule has 0 amide bonds. The van der Waals surface area contributed by atoms with E-state index in [1.807, 2.05) is 36.5 Å². The molecule has 90 valence electrons. The molecule has 1 aromatic carbocycles. The van der Waals surface area contributed by atoms with E-state index in [2.05, 4.69) is 25.9 Å². The molecule has 1 unspecified atom stereocenters. The molecule has 0 aliphatic carbocycles. The molecule has 2 heterocycles. The van der Waals surface area contributed by atoms with Crippen LogP contribution in [0.15, 0.2) is 53.4 Å². The summed E-state index contributed by atoms with van der Waals surface area (Å²) in [5.74, 6) is 0. The lowest BCUT2D eigenvalue weighted by Crippen LogP contribution is -1.99. The monoisotopic (exact) mass is 302 g/mol. The molecule has 2 aromatic heterocycles. The second kappa shape index (κ2) is 4.55. The number of para-hydroxylation sites is 1. The summed E-state index contributed by atoms with van der Waals surface area (Å²) >= 11 is 3.36. The first-order valence-electron chi connectivity index (χ1n) is 5.60. The van der Waals surface area contributed by atoms with Crippen LogP contribution in [0, 0.1) is 0 Å². The van der Waals surface area contributed by atoms with Crippen molar-refractivity contribution in [3.8, 4) is 0 Å².